The number of nitrogens with zero attached hydrogens (tertiary/aromatic N) is 2. The number of pyridine rings is 1. The minimum Gasteiger partial charge on any atom is -0.618 e. The Bertz CT molecular complexity index is 620. The average molecular weight is 253 g/mol. The van der Waals surface area contributed by atoms with Crippen molar-refractivity contribution in [1.82, 2.24) is 5.32 Å². The van der Waals surface area contributed by atoms with Crippen molar-refractivity contribution in [3.05, 3.63) is 71.2 Å². The second-order valence-corrected chi connectivity index (χ2v) is 3.86. The zero-order valence-corrected chi connectivity index (χ0v) is 9.98. The molecule has 0 aliphatic carbocycles. The van der Waals surface area contributed by atoms with Gasteiger partial charge in [0, 0.05) is 12.1 Å². The molecule has 5 heteroatoms. The number of hydrogen-bond acceptors (Lipinski definition) is 3. The third kappa shape index (κ3) is 2.87. The third-order valence-corrected chi connectivity index (χ3v) is 2.59. The van der Waals surface area contributed by atoms with Gasteiger partial charge >= 0.3 is 5.91 Å². The summed E-state index contributed by atoms with van der Waals surface area (Å²) < 4.78 is 0.467. The van der Waals surface area contributed by atoms with Crippen molar-refractivity contribution >= 4 is 5.91 Å². The number of amides is 1. The lowest BCUT2D eigenvalue weighted by Crippen LogP contribution is -2.40. The summed E-state index contributed by atoms with van der Waals surface area (Å²) in [6.45, 7) is 0. The van der Waals surface area contributed by atoms with Crippen molar-refractivity contribution in [1.29, 1.82) is 5.26 Å². The Balaban J connectivity index is 2.19. The van der Waals surface area contributed by atoms with E-state index >= 15 is 0 Å². The molecule has 1 N–H and O–H groups in total. The molecule has 0 saturated carbocycles. The van der Waals surface area contributed by atoms with Crippen molar-refractivity contribution in [3.8, 4) is 6.07 Å². The molecule has 2 aromatic rings. The smallest absolute Gasteiger partial charge is 0.318 e. The van der Waals surface area contributed by atoms with E-state index in [1.807, 2.05) is 12.1 Å². The summed E-state index contributed by atoms with van der Waals surface area (Å²) in [4.78, 5) is 11.9. The minimum atomic E-state index is -0.783. The van der Waals surface area contributed by atoms with Gasteiger partial charge in [-0.05, 0) is 11.6 Å². The van der Waals surface area contributed by atoms with Crippen LogP contribution in [0.5, 0.6) is 0 Å². The quantitative estimate of drug-likeness (QED) is 0.661. The fraction of sp³-hybridized carbons (Fsp3) is 0.0714. The van der Waals surface area contributed by atoms with E-state index in [0.29, 0.717) is 10.3 Å². The van der Waals surface area contributed by atoms with Crippen LogP contribution >= 0.6 is 0 Å². The molecule has 0 fully saturated rings. The highest BCUT2D eigenvalue weighted by Gasteiger charge is 2.20. The van der Waals surface area contributed by atoms with Gasteiger partial charge in [-0.3, -0.25) is 4.79 Å². The summed E-state index contributed by atoms with van der Waals surface area (Å²) in [5, 5.41) is 23.1. The van der Waals surface area contributed by atoms with Crippen molar-refractivity contribution in [2.45, 2.75) is 6.04 Å². The fourth-order valence-corrected chi connectivity index (χ4v) is 1.64. The van der Waals surface area contributed by atoms with Crippen LogP contribution in [-0.2, 0) is 0 Å². The zero-order chi connectivity index (χ0) is 13.7. The van der Waals surface area contributed by atoms with Crippen LogP contribution in [0, 0.1) is 16.5 Å². The van der Waals surface area contributed by atoms with Gasteiger partial charge in [0.05, 0.1) is 6.07 Å². The molecule has 5 nitrogen and oxygen atoms in total. The first-order chi connectivity index (χ1) is 9.22. The monoisotopic (exact) mass is 253 g/mol. The van der Waals surface area contributed by atoms with Crippen LogP contribution in [0.4, 0.5) is 0 Å². The maximum absolute atomic E-state index is 11.9. The van der Waals surface area contributed by atoms with E-state index in [9.17, 15) is 10.0 Å². The number of rotatable bonds is 3. The predicted octanol–water partition coefficient (Wildman–Crippen LogP) is 1.31. The van der Waals surface area contributed by atoms with Crippen molar-refractivity contribution in [3.63, 3.8) is 0 Å². The number of carbonyl (C=O) groups excluding carboxylic acids is 1. The van der Waals surface area contributed by atoms with Crippen molar-refractivity contribution in [2.24, 2.45) is 0 Å². The Kier molecular flexibility index (Phi) is 3.74. The Hall–Kier alpha value is -2.87. The normalized spacial score (nSPS) is 11.3. The van der Waals surface area contributed by atoms with E-state index in [1.165, 1.54) is 18.3 Å². The Morgan fingerprint density at radius 3 is 2.53 bits per heavy atom. The van der Waals surface area contributed by atoms with Gasteiger partial charge in [-0.25, -0.2) is 0 Å². The summed E-state index contributed by atoms with van der Waals surface area (Å²) in [5.74, 6) is -0.578. The van der Waals surface area contributed by atoms with Crippen LogP contribution in [0.3, 0.4) is 0 Å². The molecule has 1 amide bonds. The van der Waals surface area contributed by atoms with Gasteiger partial charge in [-0.1, -0.05) is 30.3 Å². The van der Waals surface area contributed by atoms with Gasteiger partial charge in [0.2, 0.25) is 0 Å². The van der Waals surface area contributed by atoms with E-state index in [0.717, 1.165) is 0 Å². The summed E-state index contributed by atoms with van der Waals surface area (Å²) in [5.41, 5.74) is 0.630. The highest BCUT2D eigenvalue weighted by Crippen LogP contribution is 2.11. The minimum absolute atomic E-state index is 0.0429. The van der Waals surface area contributed by atoms with E-state index in [2.05, 4.69) is 5.32 Å². The van der Waals surface area contributed by atoms with E-state index in [-0.39, 0.29) is 5.69 Å². The topological polar surface area (TPSA) is 79.8 Å². The molecule has 0 spiro atoms. The van der Waals surface area contributed by atoms with Crippen LogP contribution in [0.1, 0.15) is 22.1 Å². The molecule has 2 rings (SSSR count). The highest BCUT2D eigenvalue weighted by molar-refractivity contribution is 5.91. The number of carbonyl (C=O) groups is 1. The van der Waals surface area contributed by atoms with Gasteiger partial charge in [-0.2, -0.15) is 9.99 Å². The van der Waals surface area contributed by atoms with Crippen LogP contribution < -0.4 is 10.0 Å². The first kappa shape index (κ1) is 12.6. The molecule has 1 aromatic heterocycles. The molecule has 1 atom stereocenters. The number of nitrogens with one attached hydrogen (secondary N) is 1. The summed E-state index contributed by atoms with van der Waals surface area (Å²) in [6.07, 6.45) is 1.23. The Morgan fingerprint density at radius 1 is 1.21 bits per heavy atom. The lowest BCUT2D eigenvalue weighted by atomic mass is 10.1. The summed E-state index contributed by atoms with van der Waals surface area (Å²) >= 11 is 0. The molecule has 0 aliphatic rings. The average Bonchev–Trinajstić information content (AvgIpc) is 2.46. The van der Waals surface area contributed by atoms with Crippen LogP contribution in [0.25, 0.3) is 0 Å². The first-order valence-electron chi connectivity index (χ1n) is 5.66. The molecular weight excluding hydrogens is 242 g/mol. The van der Waals surface area contributed by atoms with Crippen molar-refractivity contribution in [2.75, 3.05) is 0 Å². The van der Waals surface area contributed by atoms with Gasteiger partial charge in [0.15, 0.2) is 6.20 Å². The fourth-order valence-electron chi connectivity index (χ4n) is 1.64. The Labute approximate surface area is 110 Å². The number of hydrogen-bond donors (Lipinski definition) is 1. The maximum atomic E-state index is 11.9. The molecule has 0 aliphatic heterocycles. The van der Waals surface area contributed by atoms with Gasteiger partial charge in [-0.15, -0.1) is 0 Å². The van der Waals surface area contributed by atoms with Crippen molar-refractivity contribution < 1.29 is 9.52 Å². The predicted molar refractivity (Wildman–Crippen MR) is 67.7 cm³/mol. The van der Waals surface area contributed by atoms with E-state index in [4.69, 9.17) is 5.26 Å². The lowest BCUT2D eigenvalue weighted by molar-refractivity contribution is -0.607. The summed E-state index contributed by atoms with van der Waals surface area (Å²) in [6, 6.07) is 14.6. The molecule has 1 heterocycles. The van der Waals surface area contributed by atoms with Gasteiger partial charge in [0.1, 0.15) is 6.04 Å². The molecule has 0 bridgehead atoms. The van der Waals surface area contributed by atoms with Crippen LogP contribution in [0.15, 0.2) is 54.7 Å². The van der Waals surface area contributed by atoms with Crippen LogP contribution in [-0.4, -0.2) is 5.91 Å². The SMILES string of the molecule is N#CC(NC(=O)c1cccc[n+]1[O-])c1ccccc1. The first-order valence-corrected chi connectivity index (χ1v) is 5.66. The number of nitriles is 1. The molecule has 19 heavy (non-hydrogen) atoms. The zero-order valence-electron chi connectivity index (χ0n) is 9.98. The highest BCUT2D eigenvalue weighted by atomic mass is 16.5. The van der Waals surface area contributed by atoms with Gasteiger partial charge < -0.3 is 10.5 Å². The standard InChI is InChI=1S/C14H11N3O2/c15-10-12(11-6-2-1-3-7-11)16-14(18)13-8-4-5-9-17(13)19/h1-9,12H,(H,16,18). The van der Waals surface area contributed by atoms with Gasteiger partial charge in [0.25, 0.3) is 5.69 Å². The molecule has 94 valence electrons. The second-order valence-electron chi connectivity index (χ2n) is 3.86. The molecule has 1 aromatic carbocycles. The Morgan fingerprint density at radius 2 is 1.89 bits per heavy atom. The molecule has 1 unspecified atom stereocenters. The third-order valence-electron chi connectivity index (χ3n) is 2.59. The molecular formula is C14H11N3O2. The largest absolute Gasteiger partial charge is 0.618 e. The van der Waals surface area contributed by atoms with E-state index < -0.39 is 11.9 Å². The van der Waals surface area contributed by atoms with Crippen LogP contribution in [0.2, 0.25) is 0 Å². The lowest BCUT2D eigenvalue weighted by Gasteiger charge is -2.11. The summed E-state index contributed by atoms with van der Waals surface area (Å²) in [7, 11) is 0. The second kappa shape index (κ2) is 5.65. The number of aromatic nitrogens is 1. The molecule has 0 radical (unpaired) electrons. The molecule has 0 saturated heterocycles. The number of benzene rings is 1. The van der Waals surface area contributed by atoms with E-state index in [1.54, 1.807) is 30.3 Å². The maximum Gasteiger partial charge on any atom is 0.318 e.